The number of nitrogens with zero attached hydrogens (tertiary/aromatic N) is 1. The van der Waals surface area contributed by atoms with Crippen LogP contribution in [0.2, 0.25) is 0 Å². The Bertz CT molecular complexity index is 722. The molecule has 0 radical (unpaired) electrons. The first kappa shape index (κ1) is 13.9. The molecule has 4 heteroatoms. The molecule has 1 heterocycles. The Kier molecular flexibility index (Phi) is 3.49. The fraction of sp³-hybridized carbons (Fsp3) is 0.444. The van der Waals surface area contributed by atoms with Crippen LogP contribution in [0.25, 0.3) is 11.3 Å². The van der Waals surface area contributed by atoms with E-state index in [0.717, 1.165) is 22.8 Å². The number of carbonyl (C=O) groups is 1. The van der Waals surface area contributed by atoms with Gasteiger partial charge in [0, 0.05) is 16.9 Å². The highest BCUT2D eigenvalue weighted by molar-refractivity contribution is 7.14. The monoisotopic (exact) mass is 312 g/mol. The smallest absolute Gasteiger partial charge is 0.229 e. The number of aryl methyl sites for hydroxylation is 2. The first-order chi connectivity index (χ1) is 10.7. The van der Waals surface area contributed by atoms with Crippen LogP contribution >= 0.6 is 11.3 Å². The lowest BCUT2D eigenvalue weighted by atomic mass is 9.90. The number of rotatable bonds is 3. The summed E-state index contributed by atoms with van der Waals surface area (Å²) in [5.74, 6) is 0.843. The Morgan fingerprint density at radius 1 is 1.27 bits per heavy atom. The maximum atomic E-state index is 12.0. The number of aromatic nitrogens is 1. The van der Waals surface area contributed by atoms with E-state index in [1.54, 1.807) is 0 Å². The number of hydrogen-bond acceptors (Lipinski definition) is 3. The van der Waals surface area contributed by atoms with Crippen LogP contribution in [0.15, 0.2) is 23.6 Å². The van der Waals surface area contributed by atoms with Crippen LogP contribution in [0.5, 0.6) is 0 Å². The molecule has 0 aliphatic heterocycles. The van der Waals surface area contributed by atoms with E-state index in [4.69, 9.17) is 0 Å². The minimum absolute atomic E-state index is 0.124. The van der Waals surface area contributed by atoms with Crippen LogP contribution in [0.3, 0.4) is 0 Å². The molecule has 3 nitrogen and oxygen atoms in total. The van der Waals surface area contributed by atoms with Crippen molar-refractivity contribution in [3.05, 3.63) is 34.7 Å². The molecule has 0 bridgehead atoms. The first-order valence-electron chi connectivity index (χ1n) is 8.09. The van der Waals surface area contributed by atoms with E-state index < -0.39 is 0 Å². The summed E-state index contributed by atoms with van der Waals surface area (Å²) in [5, 5.41) is 5.71. The van der Waals surface area contributed by atoms with Crippen molar-refractivity contribution in [2.24, 2.45) is 11.8 Å². The molecule has 2 aliphatic rings. The highest BCUT2D eigenvalue weighted by atomic mass is 32.1. The number of benzene rings is 1. The van der Waals surface area contributed by atoms with E-state index in [1.165, 1.54) is 48.1 Å². The summed E-state index contributed by atoms with van der Waals surface area (Å²) in [6.07, 6.45) is 5.98. The molecule has 1 aromatic carbocycles. The summed E-state index contributed by atoms with van der Waals surface area (Å²) in [5.41, 5.74) is 5.09. The Morgan fingerprint density at radius 3 is 2.82 bits per heavy atom. The molecule has 1 N–H and O–H groups in total. The predicted molar refractivity (Wildman–Crippen MR) is 90.1 cm³/mol. The van der Waals surface area contributed by atoms with E-state index >= 15 is 0 Å². The molecule has 2 aromatic rings. The van der Waals surface area contributed by atoms with Crippen LogP contribution in [0.4, 0.5) is 5.13 Å². The number of anilines is 1. The highest BCUT2D eigenvalue weighted by Gasteiger charge is 2.39. The SMILES string of the molecule is C[C@H]1C[C@H]1C(=O)Nc1nc(-c2ccc3c(c2)CCCC3)cs1. The van der Waals surface area contributed by atoms with Crippen molar-refractivity contribution in [2.45, 2.75) is 39.0 Å². The van der Waals surface area contributed by atoms with Gasteiger partial charge in [0.2, 0.25) is 5.91 Å². The fourth-order valence-electron chi connectivity index (χ4n) is 3.24. The average Bonchev–Trinajstić information content (AvgIpc) is 3.09. The molecule has 22 heavy (non-hydrogen) atoms. The maximum absolute atomic E-state index is 12.0. The van der Waals surface area contributed by atoms with Crippen LogP contribution < -0.4 is 5.32 Å². The van der Waals surface area contributed by atoms with Crippen molar-refractivity contribution in [3.8, 4) is 11.3 Å². The Hall–Kier alpha value is -1.68. The molecule has 1 aromatic heterocycles. The summed E-state index contributed by atoms with van der Waals surface area (Å²) in [4.78, 5) is 16.6. The largest absolute Gasteiger partial charge is 0.302 e. The van der Waals surface area contributed by atoms with Crippen molar-refractivity contribution in [1.29, 1.82) is 0 Å². The van der Waals surface area contributed by atoms with E-state index in [0.29, 0.717) is 5.92 Å². The number of carbonyl (C=O) groups excluding carboxylic acids is 1. The Morgan fingerprint density at radius 2 is 2.05 bits per heavy atom. The van der Waals surface area contributed by atoms with Crippen LogP contribution in [-0.4, -0.2) is 10.9 Å². The van der Waals surface area contributed by atoms with Gasteiger partial charge in [-0.3, -0.25) is 4.79 Å². The fourth-order valence-corrected chi connectivity index (χ4v) is 3.96. The quantitative estimate of drug-likeness (QED) is 0.919. The maximum Gasteiger partial charge on any atom is 0.229 e. The zero-order valence-corrected chi connectivity index (χ0v) is 13.6. The van der Waals surface area contributed by atoms with Crippen molar-refractivity contribution in [1.82, 2.24) is 4.98 Å². The second kappa shape index (κ2) is 5.51. The zero-order valence-electron chi connectivity index (χ0n) is 12.8. The van der Waals surface area contributed by atoms with E-state index in [2.05, 4.69) is 35.4 Å². The van der Waals surface area contributed by atoms with E-state index in [1.807, 2.05) is 5.38 Å². The van der Waals surface area contributed by atoms with Crippen LogP contribution in [0, 0.1) is 11.8 Å². The van der Waals surface area contributed by atoms with Crippen molar-refractivity contribution < 1.29 is 4.79 Å². The molecule has 1 amide bonds. The number of hydrogen-bond donors (Lipinski definition) is 1. The summed E-state index contributed by atoms with van der Waals surface area (Å²) in [6.45, 7) is 2.12. The summed E-state index contributed by atoms with van der Waals surface area (Å²) in [7, 11) is 0. The van der Waals surface area contributed by atoms with Crippen LogP contribution in [0.1, 0.15) is 37.3 Å². The van der Waals surface area contributed by atoms with Gasteiger partial charge < -0.3 is 5.32 Å². The molecule has 0 saturated heterocycles. The molecular formula is C18H20N2OS. The molecule has 1 fully saturated rings. The van der Waals surface area contributed by atoms with Gasteiger partial charge in [0.1, 0.15) is 0 Å². The Labute approximate surface area is 134 Å². The van der Waals surface area contributed by atoms with Crippen molar-refractivity contribution in [2.75, 3.05) is 5.32 Å². The average molecular weight is 312 g/mol. The first-order valence-corrected chi connectivity index (χ1v) is 8.97. The molecule has 1 saturated carbocycles. The van der Waals surface area contributed by atoms with Gasteiger partial charge in [-0.15, -0.1) is 11.3 Å². The van der Waals surface area contributed by atoms with E-state index in [-0.39, 0.29) is 11.8 Å². The molecule has 0 unspecified atom stereocenters. The van der Waals surface area contributed by atoms with Gasteiger partial charge in [-0.1, -0.05) is 19.1 Å². The Balaban J connectivity index is 1.52. The summed E-state index contributed by atoms with van der Waals surface area (Å²) in [6, 6.07) is 6.68. The van der Waals surface area contributed by atoms with Gasteiger partial charge in [0.05, 0.1) is 5.69 Å². The minimum atomic E-state index is 0.124. The third-order valence-corrected chi connectivity index (χ3v) is 5.58. The third kappa shape index (κ3) is 2.68. The van der Waals surface area contributed by atoms with E-state index in [9.17, 15) is 4.79 Å². The predicted octanol–water partition coefficient (Wildman–Crippen LogP) is 4.28. The van der Waals surface area contributed by atoms with Gasteiger partial charge in [0.15, 0.2) is 5.13 Å². The molecule has 2 atom stereocenters. The zero-order chi connectivity index (χ0) is 15.1. The van der Waals surface area contributed by atoms with Gasteiger partial charge in [-0.25, -0.2) is 4.98 Å². The number of thiazole rings is 1. The third-order valence-electron chi connectivity index (χ3n) is 4.82. The molecule has 114 valence electrons. The lowest BCUT2D eigenvalue weighted by Crippen LogP contribution is -2.14. The second-order valence-corrected chi connectivity index (χ2v) is 7.40. The molecular weight excluding hydrogens is 292 g/mol. The van der Waals surface area contributed by atoms with Gasteiger partial charge in [0.25, 0.3) is 0 Å². The van der Waals surface area contributed by atoms with Gasteiger partial charge in [-0.2, -0.15) is 0 Å². The molecule has 0 spiro atoms. The van der Waals surface area contributed by atoms with Crippen molar-refractivity contribution in [3.63, 3.8) is 0 Å². The number of amides is 1. The van der Waals surface area contributed by atoms with Crippen LogP contribution in [-0.2, 0) is 17.6 Å². The normalized spacial score (nSPS) is 23.0. The lowest BCUT2D eigenvalue weighted by molar-refractivity contribution is -0.117. The lowest BCUT2D eigenvalue weighted by Gasteiger charge is -2.16. The highest BCUT2D eigenvalue weighted by Crippen LogP contribution is 2.39. The number of fused-ring (bicyclic) bond motifs is 1. The molecule has 2 aliphatic carbocycles. The summed E-state index contributed by atoms with van der Waals surface area (Å²) < 4.78 is 0. The minimum Gasteiger partial charge on any atom is -0.302 e. The second-order valence-electron chi connectivity index (χ2n) is 6.54. The standard InChI is InChI=1S/C18H20N2OS/c1-11-8-15(11)17(21)20-18-19-16(10-22-18)14-7-6-12-4-2-3-5-13(12)9-14/h6-7,9-11,15H,2-5,8H2,1H3,(H,19,20,21)/t11-,15+/m0/s1. The molecule has 4 rings (SSSR count). The van der Waals surface area contributed by atoms with Crippen molar-refractivity contribution >= 4 is 22.4 Å². The van der Waals surface area contributed by atoms with Gasteiger partial charge >= 0.3 is 0 Å². The van der Waals surface area contributed by atoms with Gasteiger partial charge in [-0.05, 0) is 55.2 Å². The summed E-state index contributed by atoms with van der Waals surface area (Å²) >= 11 is 1.51. The number of nitrogens with one attached hydrogen (secondary N) is 1. The topological polar surface area (TPSA) is 42.0 Å².